The van der Waals surface area contributed by atoms with Gasteiger partial charge in [0, 0.05) is 12.1 Å². The molecule has 1 amide bonds. The molecule has 2 rings (SSSR count). The number of nitro groups is 1. The molecule has 0 saturated carbocycles. The summed E-state index contributed by atoms with van der Waals surface area (Å²) < 4.78 is 37.1. The molecule has 0 aromatic heterocycles. The molecule has 0 radical (unpaired) electrons. The maximum absolute atomic E-state index is 12.9. The molecular weight excluding hydrogens is 450 g/mol. The molecule has 2 aromatic rings. The maximum atomic E-state index is 12.9. The highest BCUT2D eigenvalue weighted by atomic mass is 32.2. The van der Waals surface area contributed by atoms with Crippen LogP contribution in [0.3, 0.4) is 0 Å². The Morgan fingerprint density at radius 1 is 1.21 bits per heavy atom. The predicted octanol–water partition coefficient (Wildman–Crippen LogP) is 2.96. The highest BCUT2D eigenvalue weighted by molar-refractivity contribution is 7.92. The van der Waals surface area contributed by atoms with Crippen molar-refractivity contribution in [1.29, 1.82) is 0 Å². The van der Waals surface area contributed by atoms with Gasteiger partial charge in [-0.05, 0) is 43.5 Å². The Balaban J connectivity index is 2.23. The summed E-state index contributed by atoms with van der Waals surface area (Å²) >= 11 is 0. The molecule has 0 aliphatic carbocycles. The van der Waals surface area contributed by atoms with Gasteiger partial charge in [0.15, 0.2) is 0 Å². The predicted molar refractivity (Wildman–Crippen MR) is 125 cm³/mol. The van der Waals surface area contributed by atoms with Crippen LogP contribution in [-0.2, 0) is 14.8 Å². The van der Waals surface area contributed by atoms with Gasteiger partial charge < -0.3 is 14.8 Å². The third kappa shape index (κ3) is 6.35. The Hall–Kier alpha value is -3.34. The van der Waals surface area contributed by atoms with Crippen LogP contribution in [0.15, 0.2) is 36.4 Å². The number of aryl methyl sites for hydroxylation is 1. The first-order chi connectivity index (χ1) is 15.5. The average molecular weight is 480 g/mol. The van der Waals surface area contributed by atoms with E-state index < -0.39 is 26.9 Å². The van der Waals surface area contributed by atoms with Gasteiger partial charge in [0.05, 0.1) is 24.8 Å². The van der Waals surface area contributed by atoms with E-state index in [2.05, 4.69) is 5.32 Å². The van der Waals surface area contributed by atoms with Crippen molar-refractivity contribution in [2.24, 2.45) is 0 Å². The summed E-state index contributed by atoms with van der Waals surface area (Å²) in [5, 5.41) is 13.9. The Labute approximate surface area is 193 Å². The Kier molecular flexibility index (Phi) is 8.63. The summed E-state index contributed by atoms with van der Waals surface area (Å²) in [6.07, 6.45) is 1.06. The summed E-state index contributed by atoms with van der Waals surface area (Å²) in [6, 6.07) is 8.12. The highest BCUT2D eigenvalue weighted by Crippen LogP contribution is 2.35. The maximum Gasteiger partial charge on any atom is 0.271 e. The van der Waals surface area contributed by atoms with Gasteiger partial charge in [-0.25, -0.2) is 8.42 Å². The fraction of sp³-hybridized carbons (Fsp3) is 0.409. The van der Waals surface area contributed by atoms with Gasteiger partial charge in [0.2, 0.25) is 15.9 Å². The lowest BCUT2D eigenvalue weighted by Crippen LogP contribution is -2.50. The van der Waals surface area contributed by atoms with Crippen molar-refractivity contribution in [3.05, 3.63) is 57.6 Å². The van der Waals surface area contributed by atoms with E-state index in [-0.39, 0.29) is 36.7 Å². The van der Waals surface area contributed by atoms with E-state index >= 15 is 0 Å². The zero-order chi connectivity index (χ0) is 24.8. The molecule has 180 valence electrons. The lowest BCUT2D eigenvalue weighted by atomic mass is 10.1. The van der Waals surface area contributed by atoms with Gasteiger partial charge in [-0.15, -0.1) is 0 Å². The molecule has 0 aliphatic rings. The molecule has 0 saturated heterocycles. The number of anilines is 1. The number of nitrogens with zero attached hydrogens (tertiary/aromatic N) is 2. The second-order valence-electron chi connectivity index (χ2n) is 7.43. The number of carbonyl (C=O) groups excluding carboxylic acids is 1. The Bertz CT molecular complexity index is 1120. The number of sulfonamides is 1. The smallest absolute Gasteiger partial charge is 0.271 e. The quantitative estimate of drug-likeness (QED) is 0.298. The Morgan fingerprint density at radius 2 is 1.91 bits per heavy atom. The SMILES string of the molecule is CC[C@@H](C(=O)NCCOc1cccc(C)c1C)N(c1cc([N+](=O)[O-])ccc1OC)S(C)(=O)=O. The van der Waals surface area contributed by atoms with Gasteiger partial charge in [0.1, 0.15) is 29.8 Å². The molecule has 0 aliphatic heterocycles. The summed E-state index contributed by atoms with van der Waals surface area (Å²) in [5.74, 6) is 0.243. The van der Waals surface area contributed by atoms with Crippen LogP contribution in [0.2, 0.25) is 0 Å². The number of ether oxygens (including phenoxy) is 2. The second kappa shape index (κ2) is 11.0. The van der Waals surface area contributed by atoms with Crippen molar-refractivity contribution >= 4 is 27.3 Å². The fourth-order valence-corrected chi connectivity index (χ4v) is 4.54. The number of non-ortho nitro benzene ring substituents is 1. The van der Waals surface area contributed by atoms with E-state index in [1.54, 1.807) is 6.92 Å². The minimum Gasteiger partial charge on any atom is -0.495 e. The van der Waals surface area contributed by atoms with Crippen molar-refractivity contribution < 1.29 is 27.6 Å². The standard InChI is InChI=1S/C22H29N3O7S/c1-6-18(22(26)23-12-13-32-20-9-7-8-15(2)16(20)3)24(33(5,29)30)19-14-17(25(27)28)10-11-21(19)31-4/h7-11,14,18H,6,12-13H2,1-5H3,(H,23,26)/t18-/m0/s1. The van der Waals surface area contributed by atoms with E-state index in [1.165, 1.54) is 19.2 Å². The van der Waals surface area contributed by atoms with Crippen LogP contribution in [0.25, 0.3) is 0 Å². The van der Waals surface area contributed by atoms with Crippen LogP contribution < -0.4 is 19.1 Å². The molecule has 1 N–H and O–H groups in total. The van der Waals surface area contributed by atoms with Crippen LogP contribution in [0.5, 0.6) is 11.5 Å². The number of methoxy groups -OCH3 is 1. The molecule has 0 heterocycles. The highest BCUT2D eigenvalue weighted by Gasteiger charge is 2.34. The van der Waals surface area contributed by atoms with Gasteiger partial charge >= 0.3 is 0 Å². The van der Waals surface area contributed by atoms with Gasteiger partial charge in [0.25, 0.3) is 5.69 Å². The molecule has 33 heavy (non-hydrogen) atoms. The zero-order valence-electron chi connectivity index (χ0n) is 19.3. The summed E-state index contributed by atoms with van der Waals surface area (Å²) in [4.78, 5) is 23.5. The van der Waals surface area contributed by atoms with E-state index in [9.17, 15) is 23.3 Å². The number of nitro benzene ring substituents is 1. The first-order valence-corrected chi connectivity index (χ1v) is 12.1. The van der Waals surface area contributed by atoms with Crippen LogP contribution in [0, 0.1) is 24.0 Å². The van der Waals surface area contributed by atoms with Crippen molar-refractivity contribution in [3.8, 4) is 11.5 Å². The van der Waals surface area contributed by atoms with Crippen LogP contribution >= 0.6 is 0 Å². The lowest BCUT2D eigenvalue weighted by molar-refractivity contribution is -0.384. The third-order valence-corrected chi connectivity index (χ3v) is 6.32. The number of nitrogens with one attached hydrogen (secondary N) is 1. The number of rotatable bonds is 11. The molecule has 0 bridgehead atoms. The average Bonchev–Trinajstić information content (AvgIpc) is 2.76. The first-order valence-electron chi connectivity index (χ1n) is 10.3. The number of carbonyl (C=O) groups is 1. The Morgan fingerprint density at radius 3 is 2.48 bits per heavy atom. The second-order valence-corrected chi connectivity index (χ2v) is 9.29. The molecule has 2 aromatic carbocycles. The van der Waals surface area contributed by atoms with Gasteiger partial charge in [-0.1, -0.05) is 19.1 Å². The molecule has 10 nitrogen and oxygen atoms in total. The molecule has 0 fully saturated rings. The summed E-state index contributed by atoms with van der Waals surface area (Å²) in [7, 11) is -2.68. The van der Waals surface area contributed by atoms with E-state index in [0.29, 0.717) is 5.75 Å². The van der Waals surface area contributed by atoms with Crippen LogP contribution in [0.4, 0.5) is 11.4 Å². The first kappa shape index (κ1) is 25.9. The van der Waals surface area contributed by atoms with Crippen molar-refractivity contribution in [1.82, 2.24) is 5.32 Å². The van der Waals surface area contributed by atoms with E-state index in [1.807, 2.05) is 32.0 Å². The van der Waals surface area contributed by atoms with E-state index in [4.69, 9.17) is 9.47 Å². The van der Waals surface area contributed by atoms with Crippen molar-refractivity contribution in [2.75, 3.05) is 30.8 Å². The number of hydrogen-bond donors (Lipinski definition) is 1. The van der Waals surface area contributed by atoms with Crippen LogP contribution in [0.1, 0.15) is 24.5 Å². The molecule has 1 atom stereocenters. The minimum atomic E-state index is -3.99. The molecule has 0 spiro atoms. The molecular formula is C22H29N3O7S. The third-order valence-electron chi connectivity index (χ3n) is 5.15. The fourth-order valence-electron chi connectivity index (χ4n) is 3.33. The molecule has 11 heteroatoms. The largest absolute Gasteiger partial charge is 0.495 e. The number of amides is 1. The van der Waals surface area contributed by atoms with Gasteiger partial charge in [-0.2, -0.15) is 0 Å². The lowest BCUT2D eigenvalue weighted by Gasteiger charge is -2.30. The normalized spacial score (nSPS) is 12.0. The van der Waals surface area contributed by atoms with Crippen LogP contribution in [-0.4, -0.2) is 51.8 Å². The monoisotopic (exact) mass is 479 g/mol. The number of hydrogen-bond acceptors (Lipinski definition) is 7. The zero-order valence-corrected chi connectivity index (χ0v) is 20.1. The number of benzene rings is 2. The minimum absolute atomic E-state index is 0.0807. The summed E-state index contributed by atoms with van der Waals surface area (Å²) in [6.45, 7) is 5.89. The topological polar surface area (TPSA) is 128 Å². The molecule has 0 unspecified atom stereocenters. The van der Waals surface area contributed by atoms with Gasteiger partial charge in [-0.3, -0.25) is 19.2 Å². The van der Waals surface area contributed by atoms with Crippen molar-refractivity contribution in [2.45, 2.75) is 33.2 Å². The summed E-state index contributed by atoms with van der Waals surface area (Å²) in [5.41, 5.74) is 1.67. The van der Waals surface area contributed by atoms with E-state index in [0.717, 1.165) is 27.8 Å². The van der Waals surface area contributed by atoms with Crippen molar-refractivity contribution in [3.63, 3.8) is 0 Å².